The number of nitrogens with zero attached hydrogens (tertiary/aromatic N) is 2. The van der Waals surface area contributed by atoms with E-state index in [-0.39, 0.29) is 0 Å². The Hall–Kier alpha value is -1.58. The molecule has 18 heavy (non-hydrogen) atoms. The normalized spacial score (nSPS) is 16.9. The average molecular weight is 237 g/mol. The summed E-state index contributed by atoms with van der Waals surface area (Å²) in [7, 11) is 5.74. The first-order chi connectivity index (χ1) is 8.81. The molecule has 0 atom stereocenters. The molecule has 1 heterocycles. The van der Waals surface area contributed by atoms with Crippen LogP contribution in [0.4, 0.5) is 5.95 Å². The Morgan fingerprint density at radius 2 is 2.00 bits per heavy atom. The molecule has 4 heteroatoms. The predicted molar refractivity (Wildman–Crippen MR) is 75.4 cm³/mol. The molecule has 0 bridgehead atoms. The van der Waals surface area contributed by atoms with Gasteiger partial charge in [0.05, 0.1) is 5.52 Å². The Kier molecular flexibility index (Phi) is 3.18. The van der Waals surface area contributed by atoms with Gasteiger partial charge < -0.3 is 5.32 Å². The van der Waals surface area contributed by atoms with Crippen LogP contribution in [0.15, 0.2) is 24.4 Å². The summed E-state index contributed by atoms with van der Waals surface area (Å²) in [6.45, 7) is 0. The van der Waals surface area contributed by atoms with Gasteiger partial charge in [-0.3, -0.25) is 0 Å². The van der Waals surface area contributed by atoms with Crippen molar-refractivity contribution in [2.45, 2.75) is 38.1 Å². The van der Waals surface area contributed by atoms with Crippen molar-refractivity contribution in [3.8, 4) is 0 Å². The van der Waals surface area contributed by atoms with Crippen LogP contribution in [0.2, 0.25) is 0 Å². The maximum atomic E-state index is 5.74. The fourth-order valence-corrected chi connectivity index (χ4v) is 2.55. The van der Waals surface area contributed by atoms with E-state index in [1.165, 1.54) is 32.1 Å². The fraction of sp³-hybridized carbons (Fsp3) is 0.429. The van der Waals surface area contributed by atoms with Gasteiger partial charge in [-0.1, -0.05) is 36.9 Å². The van der Waals surface area contributed by atoms with Crippen LogP contribution in [0.25, 0.3) is 10.9 Å². The van der Waals surface area contributed by atoms with E-state index < -0.39 is 0 Å². The predicted octanol–water partition coefficient (Wildman–Crippen LogP) is 2.17. The number of nitrogens with one attached hydrogen (secondary N) is 1. The van der Waals surface area contributed by atoms with Gasteiger partial charge in [-0.2, -0.15) is 0 Å². The second-order valence-corrected chi connectivity index (χ2v) is 4.99. The molecular formula is C14H16BN3. The summed E-state index contributed by atoms with van der Waals surface area (Å²) >= 11 is 0. The lowest BCUT2D eigenvalue weighted by atomic mass is 9.95. The van der Waals surface area contributed by atoms with Crippen molar-refractivity contribution in [1.29, 1.82) is 0 Å². The topological polar surface area (TPSA) is 37.8 Å². The van der Waals surface area contributed by atoms with Gasteiger partial charge in [0.2, 0.25) is 5.95 Å². The van der Waals surface area contributed by atoms with Gasteiger partial charge in [-0.25, -0.2) is 9.97 Å². The quantitative estimate of drug-likeness (QED) is 0.813. The lowest BCUT2D eigenvalue weighted by Crippen LogP contribution is -2.23. The molecule has 2 radical (unpaired) electrons. The molecular weight excluding hydrogens is 221 g/mol. The molecule has 1 aliphatic carbocycles. The number of rotatable bonds is 2. The molecule has 2 aromatic rings. The molecule has 0 saturated heterocycles. The second kappa shape index (κ2) is 4.97. The molecule has 3 rings (SSSR count). The van der Waals surface area contributed by atoms with E-state index in [2.05, 4.69) is 15.3 Å². The molecule has 0 amide bonds. The van der Waals surface area contributed by atoms with E-state index in [0.717, 1.165) is 22.3 Å². The third-order valence-electron chi connectivity index (χ3n) is 3.54. The summed E-state index contributed by atoms with van der Waals surface area (Å²) in [5.74, 6) is 0.735. The average Bonchev–Trinajstić information content (AvgIpc) is 2.40. The van der Waals surface area contributed by atoms with E-state index in [0.29, 0.717) is 6.04 Å². The first-order valence-electron chi connectivity index (χ1n) is 6.60. The third kappa shape index (κ3) is 2.47. The molecule has 3 nitrogen and oxygen atoms in total. The highest BCUT2D eigenvalue weighted by molar-refractivity contribution is 6.33. The first-order valence-corrected chi connectivity index (χ1v) is 6.60. The lowest BCUT2D eigenvalue weighted by molar-refractivity contribution is 0.461. The summed E-state index contributed by atoms with van der Waals surface area (Å²) in [5.41, 5.74) is 1.69. The molecule has 1 fully saturated rings. The van der Waals surface area contributed by atoms with E-state index in [1.807, 2.05) is 24.4 Å². The van der Waals surface area contributed by atoms with Crippen molar-refractivity contribution >= 4 is 30.2 Å². The van der Waals surface area contributed by atoms with Gasteiger partial charge >= 0.3 is 0 Å². The zero-order chi connectivity index (χ0) is 12.4. The van der Waals surface area contributed by atoms with Crippen LogP contribution >= 0.6 is 0 Å². The van der Waals surface area contributed by atoms with Crippen LogP contribution in [0.1, 0.15) is 32.1 Å². The summed E-state index contributed by atoms with van der Waals surface area (Å²) in [6, 6.07) is 6.25. The van der Waals surface area contributed by atoms with Crippen LogP contribution in [0, 0.1) is 0 Å². The Labute approximate surface area is 108 Å². The van der Waals surface area contributed by atoms with Crippen LogP contribution in [-0.4, -0.2) is 23.9 Å². The van der Waals surface area contributed by atoms with Gasteiger partial charge in [-0.15, -0.1) is 0 Å². The number of fused-ring (bicyclic) bond motifs is 1. The Morgan fingerprint density at radius 3 is 2.83 bits per heavy atom. The molecule has 1 aromatic heterocycles. The van der Waals surface area contributed by atoms with Gasteiger partial charge in [-0.05, 0) is 18.9 Å². The molecule has 1 aromatic carbocycles. The van der Waals surface area contributed by atoms with Crippen molar-refractivity contribution < 1.29 is 0 Å². The van der Waals surface area contributed by atoms with E-state index >= 15 is 0 Å². The molecule has 0 unspecified atom stereocenters. The zero-order valence-corrected chi connectivity index (χ0v) is 10.4. The van der Waals surface area contributed by atoms with Crippen LogP contribution < -0.4 is 10.8 Å². The molecule has 90 valence electrons. The number of hydrogen-bond acceptors (Lipinski definition) is 3. The molecule has 1 N–H and O–H groups in total. The highest BCUT2D eigenvalue weighted by Crippen LogP contribution is 2.20. The summed E-state index contributed by atoms with van der Waals surface area (Å²) < 4.78 is 0. The lowest BCUT2D eigenvalue weighted by Gasteiger charge is -2.22. The Balaban J connectivity index is 1.82. The first kappa shape index (κ1) is 11.5. The summed E-state index contributed by atoms with van der Waals surface area (Å²) in [5, 5.41) is 4.42. The fourth-order valence-electron chi connectivity index (χ4n) is 2.55. The minimum absolute atomic E-state index is 0.532. The van der Waals surface area contributed by atoms with Gasteiger partial charge in [0.25, 0.3) is 0 Å². The molecule has 1 aliphatic rings. The third-order valence-corrected chi connectivity index (χ3v) is 3.54. The number of anilines is 1. The molecule has 1 saturated carbocycles. The van der Waals surface area contributed by atoms with E-state index in [1.54, 1.807) is 0 Å². The van der Waals surface area contributed by atoms with Gasteiger partial charge in [0.15, 0.2) is 0 Å². The summed E-state index contributed by atoms with van der Waals surface area (Å²) in [6.07, 6.45) is 8.26. The minimum atomic E-state index is 0.532. The van der Waals surface area contributed by atoms with Crippen molar-refractivity contribution in [1.82, 2.24) is 9.97 Å². The van der Waals surface area contributed by atoms with Crippen molar-refractivity contribution in [3.05, 3.63) is 24.4 Å². The van der Waals surface area contributed by atoms with Gasteiger partial charge in [0.1, 0.15) is 7.85 Å². The standard InChI is InChI=1S/C14H16BN3/c15-11-6-7-13-10(8-11)9-16-14(18-13)17-12-4-2-1-3-5-12/h6-9,12H,1-5H2,(H,16,17,18). The molecule has 0 spiro atoms. The van der Waals surface area contributed by atoms with E-state index in [4.69, 9.17) is 7.85 Å². The SMILES string of the molecule is [B]c1ccc2nc(NC3CCCCC3)ncc2c1. The molecule has 0 aliphatic heterocycles. The highest BCUT2D eigenvalue weighted by atomic mass is 15.1. The van der Waals surface area contributed by atoms with Crippen LogP contribution in [0.5, 0.6) is 0 Å². The van der Waals surface area contributed by atoms with Gasteiger partial charge in [0, 0.05) is 17.6 Å². The van der Waals surface area contributed by atoms with Crippen molar-refractivity contribution in [2.24, 2.45) is 0 Å². The largest absolute Gasteiger partial charge is 0.351 e. The number of hydrogen-bond donors (Lipinski definition) is 1. The second-order valence-electron chi connectivity index (χ2n) is 4.99. The maximum absolute atomic E-state index is 5.74. The van der Waals surface area contributed by atoms with Crippen molar-refractivity contribution in [3.63, 3.8) is 0 Å². The smallest absolute Gasteiger partial charge is 0.223 e. The number of benzene rings is 1. The van der Waals surface area contributed by atoms with Crippen LogP contribution in [0.3, 0.4) is 0 Å². The van der Waals surface area contributed by atoms with Crippen LogP contribution in [-0.2, 0) is 0 Å². The monoisotopic (exact) mass is 237 g/mol. The van der Waals surface area contributed by atoms with E-state index in [9.17, 15) is 0 Å². The summed E-state index contributed by atoms with van der Waals surface area (Å²) in [4.78, 5) is 8.90. The minimum Gasteiger partial charge on any atom is -0.351 e. The zero-order valence-electron chi connectivity index (χ0n) is 10.4. The number of aromatic nitrogens is 2. The Morgan fingerprint density at radius 1 is 1.17 bits per heavy atom. The highest BCUT2D eigenvalue weighted by Gasteiger charge is 2.14. The van der Waals surface area contributed by atoms with Crippen molar-refractivity contribution in [2.75, 3.05) is 5.32 Å². The Bertz CT molecular complexity index is 550. The maximum Gasteiger partial charge on any atom is 0.223 e.